The standard InChI is InChI=1S/C114H87BN4/c1-112(2,3)78-62-91(70-34-14-10-15-35-70)108(92(63-78)71-36-16-11-17-37-71)118-101-68-81(116-99-60-76-44-24-22-42-74(76)58-95(99)105-87-50-30-26-46-83(87)85-48-28-32-52-89(85)110(105)116)54-56-97(101)115-98-57-55-82(117-100-61-77-45-25-23-43-75(77)59-96(100)106-88-51-31-27-47-84(88)86-49-29-33-53-90(86)111(106)117)69-102(98)119(104-67-80(114(7,8)9)66-103(118)107(104)115)109-93(72-38-18-12-19-39-72)64-79(113(4,5)6)65-94(109)73-40-20-13-21-41-73/h10-69H,1-9H3. The molecule has 2 aromatic heterocycles. The number of hydrogen-bond donors (Lipinski definition) is 0. The molecule has 0 amide bonds. The molecule has 21 aromatic rings. The van der Waals surface area contributed by atoms with Crippen LogP contribution in [0.2, 0.25) is 0 Å². The highest BCUT2D eigenvalue weighted by Crippen LogP contribution is 2.57. The monoisotopic (exact) mass is 1520 g/mol. The van der Waals surface area contributed by atoms with Gasteiger partial charge in [-0.2, -0.15) is 0 Å². The minimum Gasteiger partial charge on any atom is -0.310 e. The van der Waals surface area contributed by atoms with Gasteiger partial charge >= 0.3 is 0 Å². The van der Waals surface area contributed by atoms with Crippen LogP contribution in [0.4, 0.5) is 34.1 Å². The van der Waals surface area contributed by atoms with Crippen LogP contribution in [0.5, 0.6) is 0 Å². The number of fused-ring (bicyclic) bond motifs is 22. The second kappa shape index (κ2) is 26.3. The van der Waals surface area contributed by atoms with E-state index in [-0.39, 0.29) is 23.0 Å². The van der Waals surface area contributed by atoms with Crippen molar-refractivity contribution in [2.45, 2.75) is 78.6 Å². The molecule has 5 heteroatoms. The normalized spacial score (nSPS) is 13.0. The highest BCUT2D eigenvalue weighted by molar-refractivity contribution is 7.00. The summed E-state index contributed by atoms with van der Waals surface area (Å²) in [6.45, 7) is 21.2. The summed E-state index contributed by atoms with van der Waals surface area (Å²) in [4.78, 5) is 5.54. The SMILES string of the molecule is CC(C)(C)c1cc(-c2ccccc2)c(N2c3cc(-n4c5cc6ccccc6cc5c5c6ccccc6c6ccccc6c54)ccc3B3c4ccc(-n5c6cc7ccccc7cc6c6c7ccccc7c7ccccc7c65)cc4N(c4c(-c5ccccc5)cc(C(C)(C)C)cc4-c4ccccc4)c4cc(C(C)(C)C)cc2c43)c(-c2ccccc2)c1. The summed E-state index contributed by atoms with van der Waals surface area (Å²) in [5, 5.41) is 19.7. The Bertz CT molecular complexity index is 7270. The van der Waals surface area contributed by atoms with Crippen LogP contribution in [0.15, 0.2) is 364 Å². The maximum atomic E-state index is 2.77. The fraction of sp³-hybridized carbons (Fsp3) is 0.105. The largest absolute Gasteiger partial charge is 0.310 e. The van der Waals surface area contributed by atoms with Gasteiger partial charge in [0, 0.05) is 88.7 Å². The first-order chi connectivity index (χ1) is 58.0. The van der Waals surface area contributed by atoms with Gasteiger partial charge in [-0.15, -0.1) is 0 Å². The summed E-state index contributed by atoms with van der Waals surface area (Å²) in [5.74, 6) is 0. The van der Waals surface area contributed by atoms with Crippen LogP contribution < -0.4 is 26.2 Å². The van der Waals surface area contributed by atoms with E-state index in [1.54, 1.807) is 0 Å². The van der Waals surface area contributed by atoms with E-state index in [2.05, 4.69) is 445 Å². The summed E-state index contributed by atoms with van der Waals surface area (Å²) in [7, 11) is 0. The van der Waals surface area contributed by atoms with E-state index in [4.69, 9.17) is 0 Å². The zero-order valence-corrected chi connectivity index (χ0v) is 68.5. The first kappa shape index (κ1) is 70.4. The lowest BCUT2D eigenvalue weighted by molar-refractivity contribution is 0.590. The molecule has 0 fully saturated rings. The van der Waals surface area contributed by atoms with Gasteiger partial charge in [0.25, 0.3) is 6.71 Å². The first-order valence-electron chi connectivity index (χ1n) is 42.2. The summed E-state index contributed by atoms with van der Waals surface area (Å²) in [6.07, 6.45) is 0. The Hall–Kier alpha value is -14.0. The van der Waals surface area contributed by atoms with Gasteiger partial charge < -0.3 is 18.9 Å². The van der Waals surface area contributed by atoms with Crippen molar-refractivity contribution in [3.8, 4) is 55.9 Å². The van der Waals surface area contributed by atoms with Gasteiger partial charge in [-0.3, -0.25) is 0 Å². The lowest BCUT2D eigenvalue weighted by Crippen LogP contribution is -2.61. The average Bonchev–Trinajstić information content (AvgIpc) is 1.31. The fourth-order valence-corrected chi connectivity index (χ4v) is 20.4. The van der Waals surface area contributed by atoms with Crippen LogP contribution in [0, 0.1) is 0 Å². The smallest absolute Gasteiger partial charge is 0.252 e. The van der Waals surface area contributed by atoms with Crippen LogP contribution >= 0.6 is 0 Å². The van der Waals surface area contributed by atoms with Gasteiger partial charge in [0.2, 0.25) is 0 Å². The Morgan fingerprint density at radius 1 is 0.227 bits per heavy atom. The molecule has 0 radical (unpaired) electrons. The van der Waals surface area contributed by atoms with Gasteiger partial charge in [0.05, 0.1) is 33.4 Å². The predicted octanol–water partition coefficient (Wildman–Crippen LogP) is 29.4. The number of benzene rings is 19. The van der Waals surface area contributed by atoms with E-state index in [1.807, 2.05) is 0 Å². The number of aromatic nitrogens is 2. The first-order valence-corrected chi connectivity index (χ1v) is 42.2. The zero-order valence-electron chi connectivity index (χ0n) is 68.5. The Kier molecular flexibility index (Phi) is 15.5. The van der Waals surface area contributed by atoms with Crippen molar-refractivity contribution in [1.29, 1.82) is 0 Å². The van der Waals surface area contributed by atoms with Crippen molar-refractivity contribution >= 4 is 165 Å². The Morgan fingerprint density at radius 3 is 0.832 bits per heavy atom. The van der Waals surface area contributed by atoms with E-state index < -0.39 is 0 Å². The fourth-order valence-electron chi connectivity index (χ4n) is 20.4. The third-order valence-electron chi connectivity index (χ3n) is 26.2. The number of nitrogens with zero attached hydrogens (tertiary/aromatic N) is 4. The Morgan fingerprint density at radius 2 is 0.504 bits per heavy atom. The zero-order chi connectivity index (χ0) is 80.1. The van der Waals surface area contributed by atoms with Crippen LogP contribution in [-0.2, 0) is 16.2 Å². The van der Waals surface area contributed by atoms with Crippen LogP contribution in [0.25, 0.3) is 164 Å². The molecule has 4 nitrogen and oxygen atoms in total. The molecule has 0 N–H and O–H groups in total. The molecule has 4 heterocycles. The molecular weight excluding hydrogens is 1440 g/mol. The molecule has 2 aliphatic heterocycles. The molecule has 0 spiro atoms. The average molecular weight is 1520 g/mol. The lowest BCUT2D eigenvalue weighted by Gasteiger charge is -2.47. The molecule has 0 atom stereocenters. The molecule has 2 aliphatic rings. The van der Waals surface area contributed by atoms with Crippen molar-refractivity contribution in [1.82, 2.24) is 9.13 Å². The molecule has 119 heavy (non-hydrogen) atoms. The Labute approximate surface area is 694 Å². The molecule has 566 valence electrons. The van der Waals surface area contributed by atoms with Crippen LogP contribution in [0.3, 0.4) is 0 Å². The molecule has 0 unspecified atom stereocenters. The molecular formula is C114H87BN4. The van der Waals surface area contributed by atoms with Gasteiger partial charge in [-0.1, -0.05) is 341 Å². The molecule has 19 aromatic carbocycles. The quantitative estimate of drug-likeness (QED) is 0.111. The third kappa shape index (κ3) is 10.8. The van der Waals surface area contributed by atoms with E-state index in [0.717, 1.165) is 101 Å². The van der Waals surface area contributed by atoms with Gasteiger partial charge in [-0.05, 0) is 210 Å². The minimum absolute atomic E-state index is 0.227. The maximum Gasteiger partial charge on any atom is 0.252 e. The van der Waals surface area contributed by atoms with Crippen LogP contribution in [0.1, 0.15) is 79.0 Å². The second-order valence-electron chi connectivity index (χ2n) is 36.3. The Balaban J connectivity index is 0.919. The van der Waals surface area contributed by atoms with Crippen molar-refractivity contribution in [2.24, 2.45) is 0 Å². The third-order valence-corrected chi connectivity index (χ3v) is 26.2. The van der Waals surface area contributed by atoms with Crippen molar-refractivity contribution < 1.29 is 0 Å². The van der Waals surface area contributed by atoms with E-state index in [1.165, 1.54) is 130 Å². The van der Waals surface area contributed by atoms with Gasteiger partial charge in [-0.25, -0.2) is 0 Å². The molecule has 0 aliphatic carbocycles. The highest BCUT2D eigenvalue weighted by atomic mass is 15.2. The summed E-state index contributed by atoms with van der Waals surface area (Å²) in [6, 6.07) is 140. The van der Waals surface area contributed by atoms with E-state index in [0.29, 0.717) is 0 Å². The highest BCUT2D eigenvalue weighted by Gasteiger charge is 2.47. The minimum atomic E-state index is -0.380. The molecule has 0 saturated heterocycles. The molecule has 23 rings (SSSR count). The summed E-state index contributed by atoms with van der Waals surface area (Å²) >= 11 is 0. The molecule has 0 saturated carbocycles. The second-order valence-corrected chi connectivity index (χ2v) is 36.3. The van der Waals surface area contributed by atoms with Crippen LogP contribution in [-0.4, -0.2) is 15.8 Å². The molecule has 0 bridgehead atoms. The van der Waals surface area contributed by atoms with Gasteiger partial charge in [0.15, 0.2) is 0 Å². The van der Waals surface area contributed by atoms with Crippen molar-refractivity contribution in [2.75, 3.05) is 9.80 Å². The summed E-state index contributed by atoms with van der Waals surface area (Å²) < 4.78 is 5.27. The van der Waals surface area contributed by atoms with Crippen molar-refractivity contribution in [3.05, 3.63) is 381 Å². The van der Waals surface area contributed by atoms with E-state index >= 15 is 0 Å². The van der Waals surface area contributed by atoms with Gasteiger partial charge in [0.1, 0.15) is 0 Å². The topological polar surface area (TPSA) is 16.3 Å². The number of hydrogen-bond acceptors (Lipinski definition) is 2. The van der Waals surface area contributed by atoms with E-state index in [9.17, 15) is 0 Å². The van der Waals surface area contributed by atoms with Crippen molar-refractivity contribution in [3.63, 3.8) is 0 Å². The number of rotatable bonds is 8. The summed E-state index contributed by atoms with van der Waals surface area (Å²) in [5.41, 5.74) is 29.5. The predicted molar refractivity (Wildman–Crippen MR) is 512 cm³/mol. The lowest BCUT2D eigenvalue weighted by atomic mass is 9.33. The maximum absolute atomic E-state index is 2.77. The number of anilines is 6.